The van der Waals surface area contributed by atoms with Gasteiger partial charge in [-0.2, -0.15) is 0 Å². The van der Waals surface area contributed by atoms with Gasteiger partial charge in [-0.3, -0.25) is 14.6 Å². The molecule has 1 saturated heterocycles. The van der Waals surface area contributed by atoms with E-state index in [2.05, 4.69) is 21.8 Å². The summed E-state index contributed by atoms with van der Waals surface area (Å²) in [5.41, 5.74) is 1.61. The van der Waals surface area contributed by atoms with Crippen LogP contribution >= 0.6 is 22.9 Å². The minimum atomic E-state index is 0.498. The first-order chi connectivity index (χ1) is 13.1. The maximum Gasteiger partial charge on any atom is 0.273 e. The van der Waals surface area contributed by atoms with Crippen molar-refractivity contribution >= 4 is 29.2 Å². The fraction of sp³-hybridized carbons (Fsp3) is 0.500. The Balaban J connectivity index is 1.52. The number of aromatic nitrogens is 1. The number of benzene rings is 1. The fourth-order valence-electron chi connectivity index (χ4n) is 3.52. The van der Waals surface area contributed by atoms with Crippen LogP contribution in [0.3, 0.4) is 0 Å². The highest BCUT2D eigenvalue weighted by Gasteiger charge is 2.24. The summed E-state index contributed by atoms with van der Waals surface area (Å²) in [4.78, 5) is 21.7. The Hall–Kier alpha value is -1.47. The van der Waals surface area contributed by atoms with Gasteiger partial charge in [0.2, 0.25) is 0 Å². The Morgan fingerprint density at radius 2 is 2.19 bits per heavy atom. The Morgan fingerprint density at radius 3 is 2.89 bits per heavy atom. The maximum absolute atomic E-state index is 11.3. The number of hydrogen-bond donors (Lipinski definition) is 0. The third-order valence-corrected chi connectivity index (χ3v) is 6.30. The van der Waals surface area contributed by atoms with Crippen LogP contribution < -0.4 is 4.74 Å². The van der Waals surface area contributed by atoms with E-state index in [9.17, 15) is 4.79 Å². The molecule has 0 unspecified atom stereocenters. The zero-order chi connectivity index (χ0) is 19.2. The van der Waals surface area contributed by atoms with Crippen LogP contribution in [-0.4, -0.2) is 53.9 Å². The van der Waals surface area contributed by atoms with Crippen molar-refractivity contribution in [2.24, 2.45) is 0 Å². The Labute approximate surface area is 169 Å². The van der Waals surface area contributed by atoms with Gasteiger partial charge in [0.1, 0.15) is 6.29 Å². The monoisotopic (exact) mass is 407 g/mol. The molecule has 0 N–H and O–H groups in total. The zero-order valence-electron chi connectivity index (χ0n) is 15.9. The van der Waals surface area contributed by atoms with Crippen LogP contribution in [0.1, 0.15) is 40.6 Å². The predicted molar refractivity (Wildman–Crippen MR) is 110 cm³/mol. The van der Waals surface area contributed by atoms with Crippen molar-refractivity contribution in [3.63, 3.8) is 0 Å². The van der Waals surface area contributed by atoms with Crippen molar-refractivity contribution in [1.29, 1.82) is 0 Å². The first-order valence-corrected chi connectivity index (χ1v) is 10.5. The molecule has 0 bridgehead atoms. The number of hydrogen-bond acceptors (Lipinski definition) is 6. The molecule has 1 aromatic heterocycles. The number of thiazole rings is 1. The first-order valence-electron chi connectivity index (χ1n) is 9.33. The van der Waals surface area contributed by atoms with Crippen molar-refractivity contribution < 1.29 is 9.53 Å². The van der Waals surface area contributed by atoms with E-state index < -0.39 is 0 Å². The van der Waals surface area contributed by atoms with Gasteiger partial charge in [-0.25, -0.2) is 4.98 Å². The molecular formula is C20H26ClN3O2S. The van der Waals surface area contributed by atoms with Gasteiger partial charge in [-0.15, -0.1) is 0 Å². The molecule has 27 heavy (non-hydrogen) atoms. The smallest absolute Gasteiger partial charge is 0.273 e. The van der Waals surface area contributed by atoms with Crippen LogP contribution in [0.25, 0.3) is 0 Å². The van der Waals surface area contributed by atoms with Crippen LogP contribution in [0, 0.1) is 0 Å². The summed E-state index contributed by atoms with van der Waals surface area (Å²) < 4.78 is 5.46. The lowest BCUT2D eigenvalue weighted by Crippen LogP contribution is -2.42. The lowest BCUT2D eigenvalue weighted by atomic mass is 10.0. The second kappa shape index (κ2) is 9.64. The van der Waals surface area contributed by atoms with E-state index in [0.29, 0.717) is 29.8 Å². The number of aldehydes is 1. The average molecular weight is 408 g/mol. The van der Waals surface area contributed by atoms with Gasteiger partial charge in [0.25, 0.3) is 5.19 Å². The van der Waals surface area contributed by atoms with Crippen LogP contribution in [0.15, 0.2) is 24.4 Å². The van der Waals surface area contributed by atoms with Gasteiger partial charge in [0, 0.05) is 53.9 Å². The number of ether oxygens (including phenoxy) is 1. The van der Waals surface area contributed by atoms with E-state index in [1.54, 1.807) is 11.3 Å². The summed E-state index contributed by atoms with van der Waals surface area (Å²) in [6.07, 6.45) is 5.03. The van der Waals surface area contributed by atoms with Gasteiger partial charge in [-0.05, 0) is 38.4 Å². The second-order valence-corrected chi connectivity index (χ2v) is 8.36. The molecule has 3 rings (SSSR count). The minimum Gasteiger partial charge on any atom is -0.470 e. The highest BCUT2D eigenvalue weighted by molar-refractivity contribution is 7.13. The van der Waals surface area contributed by atoms with E-state index in [4.69, 9.17) is 16.3 Å². The lowest BCUT2D eigenvalue weighted by Gasteiger charge is -2.36. The largest absolute Gasteiger partial charge is 0.470 e. The molecule has 1 fully saturated rings. The summed E-state index contributed by atoms with van der Waals surface area (Å²) in [6.45, 7) is 6.37. The molecule has 1 aromatic carbocycles. The van der Waals surface area contributed by atoms with Crippen LogP contribution in [0.5, 0.6) is 5.19 Å². The van der Waals surface area contributed by atoms with E-state index in [0.717, 1.165) is 49.5 Å². The number of likely N-dealkylation sites (tertiary alicyclic amines) is 1. The van der Waals surface area contributed by atoms with Crippen LogP contribution in [0.4, 0.5) is 0 Å². The summed E-state index contributed by atoms with van der Waals surface area (Å²) in [7, 11) is 2.12. The number of piperidine rings is 1. The van der Waals surface area contributed by atoms with Gasteiger partial charge >= 0.3 is 0 Å². The van der Waals surface area contributed by atoms with Gasteiger partial charge < -0.3 is 4.74 Å². The van der Waals surface area contributed by atoms with Crippen molar-refractivity contribution in [3.05, 3.63) is 45.4 Å². The summed E-state index contributed by atoms with van der Waals surface area (Å²) in [6, 6.07) is 6.00. The molecule has 2 heterocycles. The normalized spacial score (nSPS) is 16.0. The van der Waals surface area contributed by atoms with Crippen LogP contribution in [-0.2, 0) is 13.1 Å². The molecule has 7 heteroatoms. The topological polar surface area (TPSA) is 45.7 Å². The van der Waals surface area contributed by atoms with Crippen LogP contribution in [0.2, 0.25) is 5.02 Å². The molecule has 0 amide bonds. The molecule has 0 radical (unpaired) electrons. The molecule has 5 nitrogen and oxygen atoms in total. The van der Waals surface area contributed by atoms with Crippen molar-refractivity contribution in [2.45, 2.75) is 38.9 Å². The average Bonchev–Trinajstić information content (AvgIpc) is 3.11. The number of carbonyl (C=O) groups excluding carboxylic acids is 1. The molecule has 2 aromatic rings. The Kier molecular flexibility index (Phi) is 7.24. The molecule has 1 aliphatic rings. The molecule has 146 valence electrons. The standard InChI is InChI=1S/C20H26ClN3O2S/c1-3-26-20-22-11-17(27-20)12-24-9-7-16(8-10-24)23(2)13-18-15(14-25)5-4-6-19(18)21/h4-6,11,14,16H,3,7-10,12-13H2,1-2H3. The van der Waals surface area contributed by atoms with Gasteiger partial charge in [-0.1, -0.05) is 35.1 Å². The van der Waals surface area contributed by atoms with E-state index in [1.165, 1.54) is 4.88 Å². The molecule has 0 spiro atoms. The predicted octanol–water partition coefficient (Wildman–Crippen LogP) is 4.10. The maximum atomic E-state index is 11.3. The highest BCUT2D eigenvalue weighted by Crippen LogP contribution is 2.26. The quantitative estimate of drug-likeness (QED) is 0.616. The molecule has 1 aliphatic heterocycles. The number of rotatable bonds is 8. The SMILES string of the molecule is CCOc1ncc(CN2CCC(N(C)Cc3c(Cl)cccc3C=O)CC2)s1. The lowest BCUT2D eigenvalue weighted by molar-refractivity contribution is 0.111. The number of halogens is 1. The number of carbonyl (C=O) groups is 1. The summed E-state index contributed by atoms with van der Waals surface area (Å²) >= 11 is 7.95. The Morgan fingerprint density at radius 1 is 1.41 bits per heavy atom. The third kappa shape index (κ3) is 5.29. The summed E-state index contributed by atoms with van der Waals surface area (Å²) in [5.74, 6) is 0. The van der Waals surface area contributed by atoms with Gasteiger partial charge in [0.05, 0.1) is 6.61 Å². The van der Waals surface area contributed by atoms with Crippen molar-refractivity contribution in [1.82, 2.24) is 14.8 Å². The van der Waals surface area contributed by atoms with Crippen molar-refractivity contribution in [2.75, 3.05) is 26.7 Å². The molecule has 0 aliphatic carbocycles. The molecule has 0 saturated carbocycles. The van der Waals surface area contributed by atoms with E-state index >= 15 is 0 Å². The fourth-order valence-corrected chi connectivity index (χ4v) is 4.62. The van der Waals surface area contributed by atoms with Gasteiger partial charge in [0.15, 0.2) is 0 Å². The van der Waals surface area contributed by atoms with E-state index in [-0.39, 0.29) is 0 Å². The Bertz CT molecular complexity index is 759. The first kappa shape index (κ1) is 20.3. The highest BCUT2D eigenvalue weighted by atomic mass is 35.5. The third-order valence-electron chi connectivity index (χ3n) is 5.05. The molecule has 0 atom stereocenters. The second-order valence-electron chi connectivity index (χ2n) is 6.87. The number of nitrogens with zero attached hydrogens (tertiary/aromatic N) is 3. The zero-order valence-corrected chi connectivity index (χ0v) is 17.4. The van der Waals surface area contributed by atoms with Crippen molar-refractivity contribution in [3.8, 4) is 5.19 Å². The molecular weight excluding hydrogens is 382 g/mol. The van der Waals surface area contributed by atoms with E-state index in [1.807, 2.05) is 31.3 Å². The minimum absolute atomic E-state index is 0.498. The summed E-state index contributed by atoms with van der Waals surface area (Å²) in [5, 5.41) is 1.42.